The number of allylic oxidation sites excluding steroid dienone is 2. The monoisotopic (exact) mass is 806 g/mol. The number of rotatable bonds is 16. The number of oxazole rings is 1. The molecule has 0 saturated carbocycles. The van der Waals surface area contributed by atoms with Crippen LogP contribution in [0.1, 0.15) is 77.9 Å². The second-order valence-corrected chi connectivity index (χ2v) is 14.1. The lowest BCUT2D eigenvalue weighted by atomic mass is 10.1. The van der Waals surface area contributed by atoms with Gasteiger partial charge in [-0.05, 0) is 61.7 Å². The Labute approximate surface area is 338 Å². The van der Waals surface area contributed by atoms with Gasteiger partial charge in [0.1, 0.15) is 5.69 Å². The number of fused-ring (bicyclic) bond motifs is 2. The van der Waals surface area contributed by atoms with E-state index in [4.69, 9.17) is 25.6 Å². The minimum absolute atomic E-state index is 0.0580. The van der Waals surface area contributed by atoms with Crippen molar-refractivity contribution in [2.24, 2.45) is 11.5 Å². The van der Waals surface area contributed by atoms with Crippen LogP contribution in [0, 0.1) is 13.8 Å². The SMILES string of the molecule is CCc1nc(C)oc1C(=O)Nc1nc2cc(C(N)=O)cc(CN3CCOCC3)c2n1C/C=C/Cn1c(NC(=O)c2cc(C)nn2CCCO)nc2cc(C(N)=O)ccc21. The molecule has 19 heteroatoms. The molecule has 1 aliphatic rings. The number of aliphatic hydroxyl groups is 1. The second kappa shape index (κ2) is 17.4. The van der Waals surface area contributed by atoms with Gasteiger partial charge in [0.05, 0.1) is 46.7 Å². The van der Waals surface area contributed by atoms with Gasteiger partial charge in [0, 0.05) is 63.9 Å². The number of carbonyl (C=O) groups excluding carboxylic acids is 4. The van der Waals surface area contributed by atoms with Gasteiger partial charge in [-0.2, -0.15) is 5.10 Å². The molecule has 1 saturated heterocycles. The average molecular weight is 807 g/mol. The third-order valence-electron chi connectivity index (χ3n) is 9.94. The van der Waals surface area contributed by atoms with Crippen LogP contribution >= 0.6 is 0 Å². The molecule has 0 bridgehead atoms. The summed E-state index contributed by atoms with van der Waals surface area (Å²) < 4.78 is 16.4. The van der Waals surface area contributed by atoms with Crippen molar-refractivity contribution in [3.05, 3.63) is 94.0 Å². The fraction of sp³-hybridized carbons (Fsp3) is 0.350. The van der Waals surface area contributed by atoms with E-state index < -0.39 is 23.6 Å². The Kier molecular flexibility index (Phi) is 12.0. The number of nitrogens with one attached hydrogen (secondary N) is 2. The zero-order valence-corrected chi connectivity index (χ0v) is 33.0. The number of amides is 4. The minimum Gasteiger partial charge on any atom is -0.436 e. The molecule has 5 heterocycles. The molecule has 7 N–H and O–H groups in total. The highest BCUT2D eigenvalue weighted by atomic mass is 16.5. The molecule has 6 aromatic rings. The molecular formula is C40H46N12O7. The summed E-state index contributed by atoms with van der Waals surface area (Å²) in [4.78, 5) is 67.9. The molecule has 2 aromatic carbocycles. The van der Waals surface area contributed by atoms with E-state index in [1.54, 1.807) is 54.8 Å². The normalized spacial score (nSPS) is 13.5. The van der Waals surface area contributed by atoms with Crippen LogP contribution < -0.4 is 22.1 Å². The lowest BCUT2D eigenvalue weighted by molar-refractivity contribution is 0.0343. The number of aliphatic hydroxyl groups excluding tert-OH is 1. The van der Waals surface area contributed by atoms with E-state index in [2.05, 4.69) is 30.6 Å². The van der Waals surface area contributed by atoms with Crippen molar-refractivity contribution in [2.45, 2.75) is 59.8 Å². The summed E-state index contributed by atoms with van der Waals surface area (Å²) in [5.41, 5.74) is 16.3. The third kappa shape index (κ3) is 8.76. The molecule has 59 heavy (non-hydrogen) atoms. The zero-order chi connectivity index (χ0) is 41.8. The van der Waals surface area contributed by atoms with E-state index >= 15 is 0 Å². The van der Waals surface area contributed by atoms with Crippen LogP contribution in [0.5, 0.6) is 0 Å². The molecule has 7 rings (SSSR count). The van der Waals surface area contributed by atoms with Gasteiger partial charge in [-0.1, -0.05) is 19.1 Å². The maximum atomic E-state index is 13.7. The van der Waals surface area contributed by atoms with Gasteiger partial charge in [-0.25, -0.2) is 15.0 Å². The average Bonchev–Trinajstić information content (AvgIpc) is 3.97. The van der Waals surface area contributed by atoms with Crippen molar-refractivity contribution in [3.8, 4) is 0 Å². The maximum absolute atomic E-state index is 13.7. The number of anilines is 2. The Morgan fingerprint density at radius 2 is 1.54 bits per heavy atom. The smallest absolute Gasteiger partial charge is 0.295 e. The summed E-state index contributed by atoms with van der Waals surface area (Å²) in [6.07, 6.45) is 4.65. The topological polar surface area (TPSA) is 257 Å². The lowest BCUT2D eigenvalue weighted by Gasteiger charge is -2.27. The molecule has 0 spiro atoms. The summed E-state index contributed by atoms with van der Waals surface area (Å²) in [7, 11) is 0. The number of carbonyl (C=O) groups is 4. The van der Waals surface area contributed by atoms with Gasteiger partial charge in [0.25, 0.3) is 11.8 Å². The molecule has 1 fully saturated rings. The molecule has 19 nitrogen and oxygen atoms in total. The van der Waals surface area contributed by atoms with Crippen LogP contribution in [0.25, 0.3) is 22.1 Å². The molecule has 0 unspecified atom stereocenters. The summed E-state index contributed by atoms with van der Waals surface area (Å²) in [5.74, 6) is -1.35. The number of benzene rings is 2. The Balaban J connectivity index is 1.25. The van der Waals surface area contributed by atoms with Crippen LogP contribution in [0.2, 0.25) is 0 Å². The maximum Gasteiger partial charge on any atom is 0.295 e. The van der Waals surface area contributed by atoms with Crippen molar-refractivity contribution >= 4 is 57.6 Å². The van der Waals surface area contributed by atoms with Crippen LogP contribution in [-0.2, 0) is 37.3 Å². The minimum atomic E-state index is -0.619. The summed E-state index contributed by atoms with van der Waals surface area (Å²) in [5, 5.41) is 19.6. The molecule has 0 atom stereocenters. The molecule has 0 aliphatic carbocycles. The molecule has 308 valence electrons. The first-order valence-electron chi connectivity index (χ1n) is 19.3. The molecule has 0 radical (unpaired) electrons. The fourth-order valence-corrected chi connectivity index (χ4v) is 7.14. The standard InChI is InChI=1S/C40H46N12O7/c1-4-28-34(59-24(3)43-28)38(57)47-40-45-30-21-26(36(42)55)19-27(22-49-13-16-58-17-14-49)33(30)51(40)11-6-5-10-50-31-9-8-25(35(41)54)20-29(31)44-39(50)46-37(56)32-18-23(2)48-52(32)12-7-15-53/h5-6,8-9,18-21,53H,4,7,10-17,22H2,1-3H3,(H2,41,54)(H2,42,55)(H,44,46,56)(H,45,47,57)/b6-5+. The first-order chi connectivity index (χ1) is 28.4. The number of morpholine rings is 1. The molecule has 4 amide bonds. The van der Waals surface area contributed by atoms with Gasteiger partial charge < -0.3 is 34.9 Å². The predicted octanol–water partition coefficient (Wildman–Crippen LogP) is 2.92. The van der Waals surface area contributed by atoms with Crippen LogP contribution in [0.15, 0.2) is 53.0 Å². The zero-order valence-electron chi connectivity index (χ0n) is 33.0. The van der Waals surface area contributed by atoms with Gasteiger partial charge in [-0.3, -0.25) is 39.4 Å². The molecule has 4 aromatic heterocycles. The highest BCUT2D eigenvalue weighted by Gasteiger charge is 2.24. The number of hydrogen-bond donors (Lipinski definition) is 5. The van der Waals surface area contributed by atoms with Gasteiger partial charge in [0.2, 0.25) is 29.5 Å². The van der Waals surface area contributed by atoms with Crippen molar-refractivity contribution in [2.75, 3.05) is 43.5 Å². The predicted molar refractivity (Wildman–Crippen MR) is 217 cm³/mol. The van der Waals surface area contributed by atoms with Crippen LogP contribution in [0.3, 0.4) is 0 Å². The van der Waals surface area contributed by atoms with Gasteiger partial charge in [0.15, 0.2) is 5.89 Å². The van der Waals surface area contributed by atoms with E-state index in [1.165, 1.54) is 4.68 Å². The Bertz CT molecular complexity index is 2590. The Hall–Kier alpha value is -6.70. The molecular weight excluding hydrogens is 761 g/mol. The number of primary amides is 2. The van der Waals surface area contributed by atoms with E-state index in [-0.39, 0.29) is 48.5 Å². The second-order valence-electron chi connectivity index (χ2n) is 14.1. The summed E-state index contributed by atoms with van der Waals surface area (Å²) in [6.45, 7) is 9.05. The van der Waals surface area contributed by atoms with Gasteiger partial charge >= 0.3 is 0 Å². The number of nitrogens with two attached hydrogens (primary N) is 2. The number of imidazole rings is 2. The summed E-state index contributed by atoms with van der Waals surface area (Å²) >= 11 is 0. The first kappa shape index (κ1) is 40.5. The molecule has 1 aliphatic heterocycles. The number of aromatic nitrogens is 7. The largest absolute Gasteiger partial charge is 0.436 e. The lowest BCUT2D eigenvalue weighted by Crippen LogP contribution is -2.35. The Morgan fingerprint density at radius 1 is 0.864 bits per heavy atom. The number of ether oxygens (including phenoxy) is 1. The van der Waals surface area contributed by atoms with Crippen LogP contribution in [-0.4, -0.2) is 100 Å². The van der Waals surface area contributed by atoms with Crippen molar-refractivity contribution in [1.29, 1.82) is 0 Å². The number of aryl methyl sites for hydroxylation is 4. The van der Waals surface area contributed by atoms with Gasteiger partial charge in [-0.15, -0.1) is 0 Å². The quantitative estimate of drug-likeness (QED) is 0.0885. The highest BCUT2D eigenvalue weighted by Crippen LogP contribution is 2.28. The summed E-state index contributed by atoms with van der Waals surface area (Å²) in [6, 6.07) is 9.88. The highest BCUT2D eigenvalue weighted by molar-refractivity contribution is 6.04. The van der Waals surface area contributed by atoms with Crippen LogP contribution in [0.4, 0.5) is 11.9 Å². The van der Waals surface area contributed by atoms with Crippen molar-refractivity contribution < 1.29 is 33.4 Å². The fourth-order valence-electron chi connectivity index (χ4n) is 7.14. The van der Waals surface area contributed by atoms with E-state index in [9.17, 15) is 24.3 Å². The number of nitrogens with zero attached hydrogens (tertiary/aromatic N) is 8. The van der Waals surface area contributed by atoms with Crippen molar-refractivity contribution in [1.82, 2.24) is 38.8 Å². The third-order valence-corrected chi connectivity index (χ3v) is 9.94. The van der Waals surface area contributed by atoms with Crippen molar-refractivity contribution in [3.63, 3.8) is 0 Å². The van der Waals surface area contributed by atoms with E-state index in [0.717, 1.165) is 5.56 Å². The van der Waals surface area contributed by atoms with E-state index in [1.807, 2.05) is 23.6 Å². The first-order valence-corrected chi connectivity index (χ1v) is 19.3. The van der Waals surface area contributed by atoms with E-state index in [0.29, 0.717) is 97.3 Å². The number of hydrogen-bond acceptors (Lipinski definition) is 12. The Morgan fingerprint density at radius 3 is 2.25 bits per heavy atom.